The summed E-state index contributed by atoms with van der Waals surface area (Å²) < 4.78 is 1.89. The number of aromatic nitrogens is 4. The van der Waals surface area contributed by atoms with Gasteiger partial charge in [-0.25, -0.2) is 14.6 Å². The summed E-state index contributed by atoms with van der Waals surface area (Å²) in [5.41, 5.74) is 1.81. The van der Waals surface area contributed by atoms with E-state index in [9.17, 15) is 4.79 Å². The fourth-order valence-electron chi connectivity index (χ4n) is 4.19. The third-order valence-corrected chi connectivity index (χ3v) is 6.96. The average molecular weight is 473 g/mol. The number of amides is 1. The largest absolute Gasteiger partial charge is 0.352 e. The number of anilines is 1. The van der Waals surface area contributed by atoms with E-state index in [1.807, 2.05) is 76.4 Å². The molecule has 0 atom stereocenters. The van der Waals surface area contributed by atoms with E-state index in [-0.39, 0.29) is 5.91 Å². The molecule has 1 saturated heterocycles. The number of thioether (sulfide) groups is 1. The van der Waals surface area contributed by atoms with Crippen LogP contribution in [0.25, 0.3) is 16.7 Å². The van der Waals surface area contributed by atoms with Gasteiger partial charge in [0.1, 0.15) is 11.6 Å². The van der Waals surface area contributed by atoms with Crippen molar-refractivity contribution in [3.8, 4) is 5.69 Å². The highest BCUT2D eigenvalue weighted by Gasteiger charge is 2.25. The van der Waals surface area contributed by atoms with E-state index >= 15 is 0 Å². The SMILES string of the molecule is CCCc1nc(N2CCN(C(=O)CSc3ccccc3)CC2)c2cnn(-c3ccccc3)c2n1. The number of hydrogen-bond acceptors (Lipinski definition) is 6. The van der Waals surface area contributed by atoms with Crippen LogP contribution in [0.1, 0.15) is 19.2 Å². The van der Waals surface area contributed by atoms with Gasteiger partial charge in [0, 0.05) is 37.5 Å². The fourth-order valence-corrected chi connectivity index (χ4v) is 5.01. The molecule has 2 aromatic heterocycles. The van der Waals surface area contributed by atoms with Crippen LogP contribution in [-0.2, 0) is 11.2 Å². The molecular formula is C26H28N6OS. The van der Waals surface area contributed by atoms with Crippen LogP contribution in [0.3, 0.4) is 0 Å². The van der Waals surface area contributed by atoms with Crippen molar-refractivity contribution < 1.29 is 4.79 Å². The minimum Gasteiger partial charge on any atom is -0.352 e. The van der Waals surface area contributed by atoms with E-state index in [2.05, 4.69) is 16.9 Å². The number of aryl methyl sites for hydroxylation is 1. The van der Waals surface area contributed by atoms with Gasteiger partial charge < -0.3 is 9.80 Å². The number of fused-ring (bicyclic) bond motifs is 1. The Labute approximate surface area is 203 Å². The summed E-state index contributed by atoms with van der Waals surface area (Å²) in [6.45, 7) is 5.01. The highest BCUT2D eigenvalue weighted by molar-refractivity contribution is 8.00. The van der Waals surface area contributed by atoms with Crippen molar-refractivity contribution in [2.45, 2.75) is 24.7 Å². The van der Waals surface area contributed by atoms with Crippen molar-refractivity contribution in [3.05, 3.63) is 72.7 Å². The average Bonchev–Trinajstić information content (AvgIpc) is 3.32. The smallest absolute Gasteiger partial charge is 0.233 e. The molecule has 0 unspecified atom stereocenters. The summed E-state index contributed by atoms with van der Waals surface area (Å²) in [4.78, 5) is 27.9. The number of nitrogens with zero attached hydrogens (tertiary/aromatic N) is 6. The Morgan fingerprint density at radius 1 is 0.941 bits per heavy atom. The molecule has 3 heterocycles. The van der Waals surface area contributed by atoms with Gasteiger partial charge in [0.15, 0.2) is 5.65 Å². The zero-order chi connectivity index (χ0) is 23.3. The number of para-hydroxylation sites is 1. The van der Waals surface area contributed by atoms with Crippen LogP contribution in [0.4, 0.5) is 5.82 Å². The first-order valence-electron chi connectivity index (χ1n) is 11.7. The summed E-state index contributed by atoms with van der Waals surface area (Å²) in [5, 5.41) is 5.59. The molecule has 0 saturated carbocycles. The van der Waals surface area contributed by atoms with E-state index in [0.29, 0.717) is 18.8 Å². The topological polar surface area (TPSA) is 67.2 Å². The first-order valence-corrected chi connectivity index (χ1v) is 12.7. The zero-order valence-corrected chi connectivity index (χ0v) is 20.1. The van der Waals surface area contributed by atoms with Gasteiger partial charge in [0.05, 0.1) is 23.0 Å². The van der Waals surface area contributed by atoms with E-state index in [0.717, 1.165) is 59.2 Å². The van der Waals surface area contributed by atoms with E-state index in [1.54, 1.807) is 11.8 Å². The molecule has 5 rings (SSSR count). The molecule has 1 fully saturated rings. The van der Waals surface area contributed by atoms with Crippen LogP contribution in [0.15, 0.2) is 71.8 Å². The molecule has 2 aromatic carbocycles. The summed E-state index contributed by atoms with van der Waals surface area (Å²) in [6.07, 6.45) is 3.66. The Morgan fingerprint density at radius 2 is 1.65 bits per heavy atom. The second-order valence-electron chi connectivity index (χ2n) is 8.31. The van der Waals surface area contributed by atoms with Crippen LogP contribution in [0.2, 0.25) is 0 Å². The van der Waals surface area contributed by atoms with Crippen LogP contribution in [0.5, 0.6) is 0 Å². The molecule has 0 bridgehead atoms. The van der Waals surface area contributed by atoms with Crippen molar-refractivity contribution in [3.63, 3.8) is 0 Å². The molecule has 0 aliphatic carbocycles. The van der Waals surface area contributed by atoms with Crippen LogP contribution in [-0.4, -0.2) is 62.5 Å². The Hall–Kier alpha value is -3.39. The van der Waals surface area contributed by atoms with E-state index in [1.165, 1.54) is 0 Å². The minimum atomic E-state index is 0.185. The Kier molecular flexibility index (Phi) is 6.76. The number of hydrogen-bond donors (Lipinski definition) is 0. The lowest BCUT2D eigenvalue weighted by atomic mass is 10.2. The molecule has 0 spiro atoms. The van der Waals surface area contributed by atoms with Crippen molar-refractivity contribution in [1.82, 2.24) is 24.6 Å². The first-order chi connectivity index (χ1) is 16.7. The van der Waals surface area contributed by atoms with Gasteiger partial charge in [-0.05, 0) is 30.7 Å². The van der Waals surface area contributed by atoms with Gasteiger partial charge in [-0.15, -0.1) is 11.8 Å². The molecule has 0 N–H and O–H groups in total. The van der Waals surface area contributed by atoms with Crippen molar-refractivity contribution in [2.75, 3.05) is 36.8 Å². The zero-order valence-electron chi connectivity index (χ0n) is 19.3. The molecule has 1 amide bonds. The number of benzene rings is 2. The second kappa shape index (κ2) is 10.3. The van der Waals surface area contributed by atoms with Gasteiger partial charge in [-0.1, -0.05) is 43.3 Å². The molecule has 34 heavy (non-hydrogen) atoms. The van der Waals surface area contributed by atoms with Gasteiger partial charge in [0.25, 0.3) is 0 Å². The summed E-state index contributed by atoms with van der Waals surface area (Å²) >= 11 is 1.59. The Morgan fingerprint density at radius 3 is 2.35 bits per heavy atom. The fraction of sp³-hybridized carbons (Fsp3) is 0.308. The van der Waals surface area contributed by atoms with Gasteiger partial charge >= 0.3 is 0 Å². The lowest BCUT2D eigenvalue weighted by Gasteiger charge is -2.35. The molecule has 0 radical (unpaired) electrons. The summed E-state index contributed by atoms with van der Waals surface area (Å²) in [7, 11) is 0. The molecule has 7 nitrogen and oxygen atoms in total. The van der Waals surface area contributed by atoms with E-state index < -0.39 is 0 Å². The highest BCUT2D eigenvalue weighted by Crippen LogP contribution is 2.27. The first kappa shape index (κ1) is 22.4. The summed E-state index contributed by atoms with van der Waals surface area (Å²) in [6, 6.07) is 20.1. The van der Waals surface area contributed by atoms with Crippen LogP contribution < -0.4 is 4.90 Å². The second-order valence-corrected chi connectivity index (χ2v) is 9.36. The molecule has 1 aliphatic rings. The third-order valence-electron chi connectivity index (χ3n) is 5.97. The molecule has 4 aromatic rings. The predicted octanol–water partition coefficient (Wildman–Crippen LogP) is 4.21. The van der Waals surface area contributed by atoms with Gasteiger partial charge in [-0.3, -0.25) is 4.79 Å². The third kappa shape index (κ3) is 4.77. The number of rotatable bonds is 7. The maximum Gasteiger partial charge on any atom is 0.233 e. The molecular weight excluding hydrogens is 444 g/mol. The molecule has 174 valence electrons. The summed E-state index contributed by atoms with van der Waals surface area (Å²) in [5.74, 6) is 2.40. The minimum absolute atomic E-state index is 0.185. The Bertz CT molecular complexity index is 1250. The maximum absolute atomic E-state index is 12.8. The molecule has 8 heteroatoms. The number of carbonyl (C=O) groups is 1. The van der Waals surface area contributed by atoms with E-state index in [4.69, 9.17) is 9.97 Å². The quantitative estimate of drug-likeness (QED) is 0.376. The van der Waals surface area contributed by atoms with Crippen LogP contribution in [0, 0.1) is 0 Å². The lowest BCUT2D eigenvalue weighted by Crippen LogP contribution is -2.49. The highest BCUT2D eigenvalue weighted by atomic mass is 32.2. The van der Waals surface area contributed by atoms with Crippen molar-refractivity contribution in [2.24, 2.45) is 0 Å². The number of piperazine rings is 1. The van der Waals surface area contributed by atoms with Crippen molar-refractivity contribution >= 4 is 34.5 Å². The maximum atomic E-state index is 12.8. The standard InChI is InChI=1S/C26H28N6OS/c1-2-9-23-28-25(22-18-27-32(26(22)29-23)20-10-5-3-6-11-20)31-16-14-30(15-17-31)24(33)19-34-21-12-7-4-8-13-21/h3-8,10-13,18H,2,9,14-17,19H2,1H3. The van der Waals surface area contributed by atoms with Crippen molar-refractivity contribution in [1.29, 1.82) is 0 Å². The van der Waals surface area contributed by atoms with Gasteiger partial charge in [-0.2, -0.15) is 5.10 Å². The molecule has 1 aliphatic heterocycles. The normalized spacial score (nSPS) is 14.0. The van der Waals surface area contributed by atoms with Crippen LogP contribution >= 0.6 is 11.8 Å². The monoisotopic (exact) mass is 472 g/mol. The number of carbonyl (C=O) groups excluding carboxylic acids is 1. The predicted molar refractivity (Wildman–Crippen MR) is 137 cm³/mol. The lowest BCUT2D eigenvalue weighted by molar-refractivity contribution is -0.128. The Balaban J connectivity index is 1.33. The van der Waals surface area contributed by atoms with Gasteiger partial charge in [0.2, 0.25) is 5.91 Å².